The molecule has 1 fully saturated rings. The monoisotopic (exact) mass is 370 g/mol. The number of carbonyl (C=O) groups excluding carboxylic acids is 2. The van der Waals surface area contributed by atoms with Crippen molar-refractivity contribution in [3.05, 3.63) is 24.0 Å². The smallest absolute Gasteiger partial charge is 0.341 e. The lowest BCUT2D eigenvalue weighted by molar-refractivity contribution is -0.147. The molecule has 2 atom stereocenters. The number of hydrogen-bond donors (Lipinski definition) is 1. The van der Waals surface area contributed by atoms with Crippen molar-refractivity contribution in [2.75, 3.05) is 18.6 Å². The zero-order valence-electron chi connectivity index (χ0n) is 15.4. The Kier molecular flexibility index (Phi) is 5.60. The third-order valence-electron chi connectivity index (χ3n) is 4.83. The van der Waals surface area contributed by atoms with Gasteiger partial charge in [-0.05, 0) is 25.8 Å². The van der Waals surface area contributed by atoms with Crippen LogP contribution in [0.4, 0.5) is 5.69 Å². The molecule has 0 bridgehead atoms. The maximum Gasteiger partial charge on any atom is 0.341 e. The maximum atomic E-state index is 12.4. The van der Waals surface area contributed by atoms with Crippen molar-refractivity contribution in [3.8, 4) is 6.07 Å². The largest absolute Gasteiger partial charge is 0.462 e. The molecule has 27 heavy (non-hydrogen) atoms. The quantitative estimate of drug-likeness (QED) is 0.778. The number of esters is 2. The SMILES string of the molecule is CCOC(=O)c1cnc2[nH]ccc2c1N(C)[C@H]1CC[C@H](OC(=O)CC#N)C1. The van der Waals surface area contributed by atoms with Crippen LogP contribution < -0.4 is 4.90 Å². The molecule has 0 aliphatic heterocycles. The number of H-pyrrole nitrogens is 1. The lowest BCUT2D eigenvalue weighted by Crippen LogP contribution is -2.32. The molecular formula is C19H22N4O4. The molecule has 2 aromatic heterocycles. The molecule has 1 N–H and O–H groups in total. The fourth-order valence-corrected chi connectivity index (χ4v) is 3.58. The number of aromatic amines is 1. The predicted octanol–water partition coefficient (Wildman–Crippen LogP) is 2.55. The minimum Gasteiger partial charge on any atom is -0.462 e. The van der Waals surface area contributed by atoms with Crippen LogP contribution in [0.25, 0.3) is 11.0 Å². The Labute approximate surface area is 157 Å². The normalized spacial score (nSPS) is 18.9. The summed E-state index contributed by atoms with van der Waals surface area (Å²) in [5.41, 5.74) is 1.87. The van der Waals surface area contributed by atoms with E-state index in [0.29, 0.717) is 17.6 Å². The highest BCUT2D eigenvalue weighted by molar-refractivity contribution is 6.04. The summed E-state index contributed by atoms with van der Waals surface area (Å²) in [4.78, 5) is 33.4. The number of hydrogen-bond acceptors (Lipinski definition) is 7. The van der Waals surface area contributed by atoms with Crippen LogP contribution in [0.3, 0.4) is 0 Å². The standard InChI is InChI=1S/C19H22N4O4/c1-3-26-19(25)15-11-22-18-14(7-9-21-18)17(15)23(2)12-4-5-13(10-12)27-16(24)6-8-20/h7,9,11-13H,3-6,10H2,1-2H3,(H,21,22)/t12-,13-/m0/s1. The highest BCUT2D eigenvalue weighted by Gasteiger charge is 2.32. The van der Waals surface area contributed by atoms with Gasteiger partial charge in [-0.25, -0.2) is 9.78 Å². The van der Waals surface area contributed by atoms with Crippen molar-refractivity contribution < 1.29 is 19.1 Å². The van der Waals surface area contributed by atoms with Crippen molar-refractivity contribution in [3.63, 3.8) is 0 Å². The van der Waals surface area contributed by atoms with Crippen molar-refractivity contribution in [1.82, 2.24) is 9.97 Å². The van der Waals surface area contributed by atoms with E-state index < -0.39 is 11.9 Å². The van der Waals surface area contributed by atoms with Crippen LogP contribution in [0.5, 0.6) is 0 Å². The first-order valence-electron chi connectivity index (χ1n) is 8.97. The number of nitrogens with one attached hydrogen (secondary N) is 1. The minimum absolute atomic E-state index is 0.0959. The summed E-state index contributed by atoms with van der Waals surface area (Å²) in [6.45, 7) is 2.05. The molecule has 0 aromatic carbocycles. The molecule has 0 unspecified atom stereocenters. The number of fused-ring (bicyclic) bond motifs is 1. The van der Waals surface area contributed by atoms with Gasteiger partial charge in [0, 0.05) is 37.3 Å². The topological polar surface area (TPSA) is 108 Å². The molecule has 0 spiro atoms. The summed E-state index contributed by atoms with van der Waals surface area (Å²) >= 11 is 0. The molecule has 8 nitrogen and oxygen atoms in total. The fourth-order valence-electron chi connectivity index (χ4n) is 3.58. The van der Waals surface area contributed by atoms with Crippen LogP contribution in [0.2, 0.25) is 0 Å². The zero-order chi connectivity index (χ0) is 19.4. The predicted molar refractivity (Wildman–Crippen MR) is 98.2 cm³/mol. The van der Waals surface area contributed by atoms with Crippen molar-refractivity contribution in [2.24, 2.45) is 0 Å². The van der Waals surface area contributed by atoms with E-state index in [1.54, 1.807) is 19.2 Å². The van der Waals surface area contributed by atoms with Gasteiger partial charge in [0.05, 0.1) is 18.4 Å². The van der Waals surface area contributed by atoms with Crippen LogP contribution in [0.1, 0.15) is 43.0 Å². The highest BCUT2D eigenvalue weighted by atomic mass is 16.5. The van der Waals surface area contributed by atoms with Gasteiger partial charge in [-0.15, -0.1) is 0 Å². The van der Waals surface area contributed by atoms with E-state index in [2.05, 4.69) is 9.97 Å². The minimum atomic E-state index is -0.491. The lowest BCUT2D eigenvalue weighted by Gasteiger charge is -2.29. The first-order valence-corrected chi connectivity index (χ1v) is 8.97. The van der Waals surface area contributed by atoms with Crippen molar-refractivity contribution in [1.29, 1.82) is 5.26 Å². The second-order valence-electron chi connectivity index (χ2n) is 6.51. The van der Waals surface area contributed by atoms with E-state index in [-0.39, 0.29) is 25.2 Å². The Morgan fingerprint density at radius 2 is 2.26 bits per heavy atom. The van der Waals surface area contributed by atoms with E-state index in [0.717, 1.165) is 23.9 Å². The first-order chi connectivity index (χ1) is 13.0. The molecule has 2 aromatic rings. The number of nitriles is 1. The second kappa shape index (κ2) is 8.08. The average molecular weight is 370 g/mol. The van der Waals surface area contributed by atoms with Gasteiger partial charge in [-0.3, -0.25) is 4.79 Å². The maximum absolute atomic E-state index is 12.4. The van der Waals surface area contributed by atoms with E-state index >= 15 is 0 Å². The average Bonchev–Trinajstić information content (AvgIpc) is 3.29. The summed E-state index contributed by atoms with van der Waals surface area (Å²) in [6, 6.07) is 3.78. The summed E-state index contributed by atoms with van der Waals surface area (Å²) in [7, 11) is 1.93. The summed E-state index contributed by atoms with van der Waals surface area (Å²) in [6.07, 6.45) is 5.04. The number of ether oxygens (including phenoxy) is 2. The molecule has 1 saturated carbocycles. The molecule has 142 valence electrons. The summed E-state index contributed by atoms with van der Waals surface area (Å²) < 4.78 is 10.6. The Morgan fingerprint density at radius 1 is 1.44 bits per heavy atom. The Balaban J connectivity index is 1.85. The molecule has 3 rings (SSSR count). The number of anilines is 1. The van der Waals surface area contributed by atoms with Gasteiger partial charge in [0.25, 0.3) is 0 Å². The molecule has 8 heteroatoms. The molecular weight excluding hydrogens is 348 g/mol. The van der Waals surface area contributed by atoms with Crippen LogP contribution in [0, 0.1) is 11.3 Å². The van der Waals surface area contributed by atoms with Gasteiger partial charge in [-0.1, -0.05) is 0 Å². The molecule has 0 saturated heterocycles. The van der Waals surface area contributed by atoms with E-state index in [9.17, 15) is 9.59 Å². The Hall–Kier alpha value is -3.08. The number of carbonyl (C=O) groups is 2. The molecule has 2 heterocycles. The zero-order valence-corrected chi connectivity index (χ0v) is 15.4. The van der Waals surface area contributed by atoms with Crippen LogP contribution in [0.15, 0.2) is 18.5 Å². The van der Waals surface area contributed by atoms with Gasteiger partial charge >= 0.3 is 11.9 Å². The van der Waals surface area contributed by atoms with Crippen LogP contribution in [-0.4, -0.2) is 47.7 Å². The number of aromatic nitrogens is 2. The van der Waals surface area contributed by atoms with E-state index in [1.807, 2.05) is 18.0 Å². The third-order valence-corrected chi connectivity index (χ3v) is 4.83. The van der Waals surface area contributed by atoms with Crippen molar-refractivity contribution >= 4 is 28.7 Å². The molecule has 1 aliphatic rings. The Bertz CT molecular complexity index is 885. The lowest BCUT2D eigenvalue weighted by atomic mass is 10.1. The Morgan fingerprint density at radius 3 is 3.00 bits per heavy atom. The molecule has 0 radical (unpaired) electrons. The van der Waals surface area contributed by atoms with Gasteiger partial charge in [0.1, 0.15) is 23.7 Å². The first kappa shape index (κ1) is 18.7. The third kappa shape index (κ3) is 3.87. The summed E-state index contributed by atoms with van der Waals surface area (Å²) in [5, 5.41) is 9.43. The molecule has 1 aliphatic carbocycles. The van der Waals surface area contributed by atoms with Gasteiger partial charge in [-0.2, -0.15) is 5.26 Å². The molecule has 0 amide bonds. The van der Waals surface area contributed by atoms with Crippen LogP contribution >= 0.6 is 0 Å². The number of rotatable bonds is 6. The summed E-state index contributed by atoms with van der Waals surface area (Å²) in [5.74, 6) is -0.903. The van der Waals surface area contributed by atoms with Crippen molar-refractivity contribution in [2.45, 2.75) is 44.8 Å². The number of pyridine rings is 1. The van der Waals surface area contributed by atoms with Gasteiger partial charge in [0.15, 0.2) is 0 Å². The fraction of sp³-hybridized carbons (Fsp3) is 0.474. The van der Waals surface area contributed by atoms with E-state index in [1.165, 1.54) is 6.20 Å². The highest BCUT2D eigenvalue weighted by Crippen LogP contribution is 2.35. The van der Waals surface area contributed by atoms with Gasteiger partial charge < -0.3 is 19.4 Å². The number of nitrogens with zero attached hydrogens (tertiary/aromatic N) is 3. The van der Waals surface area contributed by atoms with Gasteiger partial charge in [0.2, 0.25) is 0 Å². The van der Waals surface area contributed by atoms with Crippen LogP contribution in [-0.2, 0) is 14.3 Å². The second-order valence-corrected chi connectivity index (χ2v) is 6.51. The van der Waals surface area contributed by atoms with E-state index in [4.69, 9.17) is 14.7 Å².